The van der Waals surface area contributed by atoms with Gasteiger partial charge in [-0.3, -0.25) is 5.10 Å². The quantitative estimate of drug-likeness (QED) is 0.811. The molecule has 0 radical (unpaired) electrons. The fraction of sp³-hybridized carbons (Fsp3) is 0.750. The molecule has 1 unspecified atom stereocenters. The molecule has 1 aromatic heterocycles. The summed E-state index contributed by atoms with van der Waals surface area (Å²) in [6.45, 7) is 5.07. The van der Waals surface area contributed by atoms with Gasteiger partial charge in [-0.15, -0.1) is 0 Å². The monoisotopic (exact) mass is 286 g/mol. The van der Waals surface area contributed by atoms with Gasteiger partial charge in [-0.05, 0) is 44.3 Å². The molecule has 0 bridgehead atoms. The van der Waals surface area contributed by atoms with Crippen LogP contribution in [0.4, 0.5) is 0 Å². The van der Waals surface area contributed by atoms with E-state index in [-0.39, 0.29) is 5.03 Å². The van der Waals surface area contributed by atoms with Crippen molar-refractivity contribution in [1.29, 1.82) is 0 Å². The third-order valence-corrected chi connectivity index (χ3v) is 5.22. The third kappa shape index (κ3) is 3.55. The molecule has 2 N–H and O–H groups in total. The van der Waals surface area contributed by atoms with E-state index in [0.29, 0.717) is 19.0 Å². The van der Waals surface area contributed by atoms with Crippen LogP contribution in [0.25, 0.3) is 0 Å². The van der Waals surface area contributed by atoms with Gasteiger partial charge in [-0.1, -0.05) is 6.92 Å². The van der Waals surface area contributed by atoms with Crippen LogP contribution < -0.4 is 5.32 Å². The maximum Gasteiger partial charge on any atom is 0.259 e. The molecule has 0 saturated carbocycles. The summed E-state index contributed by atoms with van der Waals surface area (Å²) >= 11 is 0. The minimum atomic E-state index is -3.43. The number of sulfonamides is 1. The number of nitrogens with one attached hydrogen (secondary N) is 2. The van der Waals surface area contributed by atoms with Crippen LogP contribution in [0.3, 0.4) is 0 Å². The maximum absolute atomic E-state index is 12.5. The van der Waals surface area contributed by atoms with Crippen molar-refractivity contribution in [2.24, 2.45) is 5.92 Å². The summed E-state index contributed by atoms with van der Waals surface area (Å²) in [5, 5.41) is 9.80. The average molecular weight is 286 g/mol. The molecule has 1 atom stereocenters. The highest BCUT2D eigenvalue weighted by Gasteiger charge is 2.28. The number of aromatic amines is 1. The largest absolute Gasteiger partial charge is 0.316 e. The molecule has 2 rings (SSSR count). The first-order valence-corrected chi connectivity index (χ1v) is 8.29. The highest BCUT2D eigenvalue weighted by atomic mass is 32.2. The van der Waals surface area contributed by atoms with Gasteiger partial charge < -0.3 is 5.32 Å². The Morgan fingerprint density at radius 3 is 2.95 bits per heavy atom. The maximum atomic E-state index is 12.5. The first kappa shape index (κ1) is 14.5. The number of aromatic nitrogens is 2. The number of hydrogen-bond acceptors (Lipinski definition) is 4. The molecule has 0 aliphatic carbocycles. The van der Waals surface area contributed by atoms with Crippen LogP contribution in [-0.2, 0) is 10.0 Å². The molecule has 6 nitrogen and oxygen atoms in total. The summed E-state index contributed by atoms with van der Waals surface area (Å²) in [7, 11) is -3.43. The molecule has 0 amide bonds. The van der Waals surface area contributed by atoms with Gasteiger partial charge in [-0.2, -0.15) is 9.40 Å². The van der Waals surface area contributed by atoms with Crippen LogP contribution in [0.15, 0.2) is 17.3 Å². The SMILES string of the molecule is CCCN(CC1CCCNC1)S(=O)(=O)c1ccn[nH]1. The lowest BCUT2D eigenvalue weighted by Gasteiger charge is -2.29. The topological polar surface area (TPSA) is 78.1 Å². The molecule has 0 spiro atoms. The summed E-state index contributed by atoms with van der Waals surface area (Å²) in [6, 6.07) is 1.51. The first-order valence-electron chi connectivity index (χ1n) is 6.85. The van der Waals surface area contributed by atoms with Crippen LogP contribution in [0.2, 0.25) is 0 Å². The number of rotatable bonds is 6. The lowest BCUT2D eigenvalue weighted by molar-refractivity contribution is 0.291. The van der Waals surface area contributed by atoms with E-state index in [4.69, 9.17) is 0 Å². The van der Waals surface area contributed by atoms with Crippen molar-refractivity contribution in [1.82, 2.24) is 19.8 Å². The molecule has 1 aliphatic heterocycles. The van der Waals surface area contributed by atoms with Crippen molar-refractivity contribution >= 4 is 10.0 Å². The number of H-pyrrole nitrogens is 1. The lowest BCUT2D eigenvalue weighted by atomic mass is 10.00. The van der Waals surface area contributed by atoms with E-state index in [2.05, 4.69) is 15.5 Å². The van der Waals surface area contributed by atoms with Crippen LogP contribution >= 0.6 is 0 Å². The Hall–Kier alpha value is -0.920. The average Bonchev–Trinajstić information content (AvgIpc) is 2.94. The van der Waals surface area contributed by atoms with Gasteiger partial charge in [0.2, 0.25) is 0 Å². The van der Waals surface area contributed by atoms with Crippen LogP contribution in [-0.4, -0.2) is 49.1 Å². The zero-order valence-corrected chi connectivity index (χ0v) is 12.1. The number of hydrogen-bond donors (Lipinski definition) is 2. The smallest absolute Gasteiger partial charge is 0.259 e. The molecule has 108 valence electrons. The number of nitrogens with zero attached hydrogens (tertiary/aromatic N) is 2. The lowest BCUT2D eigenvalue weighted by Crippen LogP contribution is -2.41. The molecule has 0 aromatic carbocycles. The van der Waals surface area contributed by atoms with Gasteiger partial charge >= 0.3 is 0 Å². The van der Waals surface area contributed by atoms with Gasteiger partial charge in [0.1, 0.15) is 0 Å². The Morgan fingerprint density at radius 1 is 1.53 bits per heavy atom. The Balaban J connectivity index is 2.10. The molecule has 1 saturated heterocycles. The van der Waals surface area contributed by atoms with E-state index in [1.807, 2.05) is 6.92 Å². The van der Waals surface area contributed by atoms with E-state index >= 15 is 0 Å². The zero-order valence-electron chi connectivity index (χ0n) is 11.3. The Morgan fingerprint density at radius 2 is 2.37 bits per heavy atom. The molecule has 1 aromatic rings. The van der Waals surface area contributed by atoms with Crippen molar-refractivity contribution in [2.75, 3.05) is 26.2 Å². The van der Waals surface area contributed by atoms with Crippen LogP contribution in [0.5, 0.6) is 0 Å². The van der Waals surface area contributed by atoms with Gasteiger partial charge in [0.05, 0.1) is 6.20 Å². The summed E-state index contributed by atoms with van der Waals surface area (Å²) in [6.07, 6.45) is 4.49. The van der Waals surface area contributed by atoms with Crippen molar-refractivity contribution in [3.05, 3.63) is 12.3 Å². The highest BCUT2D eigenvalue weighted by Crippen LogP contribution is 2.18. The Labute approximate surface area is 114 Å². The highest BCUT2D eigenvalue weighted by molar-refractivity contribution is 7.89. The number of piperidine rings is 1. The second kappa shape index (κ2) is 6.49. The predicted octanol–water partition coefficient (Wildman–Crippen LogP) is 0.810. The van der Waals surface area contributed by atoms with E-state index < -0.39 is 10.0 Å². The fourth-order valence-corrected chi connectivity index (χ4v) is 3.96. The molecule has 1 aliphatic rings. The molecular formula is C12H22N4O2S. The van der Waals surface area contributed by atoms with Crippen LogP contribution in [0, 0.1) is 5.92 Å². The van der Waals surface area contributed by atoms with Gasteiger partial charge in [0.25, 0.3) is 10.0 Å². The van der Waals surface area contributed by atoms with Crippen molar-refractivity contribution in [3.63, 3.8) is 0 Å². The van der Waals surface area contributed by atoms with E-state index in [1.165, 1.54) is 12.3 Å². The molecule has 19 heavy (non-hydrogen) atoms. The Kier molecular flexibility index (Phi) is 4.95. The molecule has 7 heteroatoms. The van der Waals surface area contributed by atoms with Crippen molar-refractivity contribution in [3.8, 4) is 0 Å². The van der Waals surface area contributed by atoms with Crippen LogP contribution in [0.1, 0.15) is 26.2 Å². The van der Waals surface area contributed by atoms with E-state index in [9.17, 15) is 8.42 Å². The predicted molar refractivity (Wildman–Crippen MR) is 73.2 cm³/mol. The summed E-state index contributed by atoms with van der Waals surface area (Å²) in [5.41, 5.74) is 0. The summed E-state index contributed by atoms with van der Waals surface area (Å²) in [5.74, 6) is 0.401. The normalized spacial score (nSPS) is 20.8. The standard InChI is InChI=1S/C12H22N4O2S/c1-2-8-16(10-11-4-3-6-13-9-11)19(17,18)12-5-7-14-15-12/h5,7,11,13H,2-4,6,8-10H2,1H3,(H,14,15). The second-order valence-electron chi connectivity index (χ2n) is 5.00. The van der Waals surface area contributed by atoms with Gasteiger partial charge in [0.15, 0.2) is 5.03 Å². The fourth-order valence-electron chi connectivity index (χ4n) is 2.45. The van der Waals surface area contributed by atoms with E-state index in [0.717, 1.165) is 32.4 Å². The minimum absolute atomic E-state index is 0.185. The molecule has 2 heterocycles. The van der Waals surface area contributed by atoms with Crippen molar-refractivity contribution < 1.29 is 8.42 Å². The van der Waals surface area contributed by atoms with Gasteiger partial charge in [-0.25, -0.2) is 8.42 Å². The molecular weight excluding hydrogens is 264 g/mol. The second-order valence-corrected chi connectivity index (χ2v) is 6.90. The molecule has 1 fully saturated rings. The van der Waals surface area contributed by atoms with Gasteiger partial charge in [0, 0.05) is 13.1 Å². The van der Waals surface area contributed by atoms with Crippen molar-refractivity contribution in [2.45, 2.75) is 31.2 Å². The Bertz CT molecular complexity index is 466. The van der Waals surface area contributed by atoms with E-state index in [1.54, 1.807) is 4.31 Å². The summed E-state index contributed by atoms with van der Waals surface area (Å²) in [4.78, 5) is 0. The third-order valence-electron chi connectivity index (χ3n) is 3.43. The minimum Gasteiger partial charge on any atom is -0.316 e. The summed E-state index contributed by atoms with van der Waals surface area (Å²) < 4.78 is 26.6. The zero-order chi connectivity index (χ0) is 13.7. The first-order chi connectivity index (χ1) is 9.14.